The standard InChI is InChI=1S/C12H25NO3/c1-10(11-4-7-16-8-5-11)13-6-3-12(14)9-15-2/h10-14H,3-9H2,1-2H3. The van der Waals surface area contributed by atoms with E-state index < -0.39 is 0 Å². The summed E-state index contributed by atoms with van der Waals surface area (Å²) in [7, 11) is 1.61. The molecule has 0 aromatic rings. The van der Waals surface area contributed by atoms with Crippen LogP contribution in [0.5, 0.6) is 0 Å². The van der Waals surface area contributed by atoms with Crippen molar-refractivity contribution in [2.75, 3.05) is 33.5 Å². The number of rotatable bonds is 7. The summed E-state index contributed by atoms with van der Waals surface area (Å²) in [6.07, 6.45) is 2.70. The molecule has 1 rings (SSSR count). The quantitative estimate of drug-likeness (QED) is 0.680. The average molecular weight is 231 g/mol. The highest BCUT2D eigenvalue weighted by Crippen LogP contribution is 2.18. The summed E-state index contributed by atoms with van der Waals surface area (Å²) in [5.74, 6) is 0.716. The first-order valence-corrected chi connectivity index (χ1v) is 6.22. The zero-order chi connectivity index (χ0) is 11.8. The van der Waals surface area contributed by atoms with Crippen molar-refractivity contribution in [2.24, 2.45) is 5.92 Å². The maximum atomic E-state index is 9.49. The number of aliphatic hydroxyl groups is 1. The molecule has 2 N–H and O–H groups in total. The molecule has 0 aliphatic carbocycles. The van der Waals surface area contributed by atoms with Crippen LogP contribution in [0.15, 0.2) is 0 Å². The van der Waals surface area contributed by atoms with Crippen LogP contribution in [0.1, 0.15) is 26.2 Å². The molecule has 2 unspecified atom stereocenters. The molecule has 2 atom stereocenters. The molecule has 16 heavy (non-hydrogen) atoms. The van der Waals surface area contributed by atoms with Crippen molar-refractivity contribution in [3.63, 3.8) is 0 Å². The Morgan fingerprint density at radius 3 is 2.75 bits per heavy atom. The van der Waals surface area contributed by atoms with Crippen LogP contribution in [0.4, 0.5) is 0 Å². The molecular formula is C12H25NO3. The first-order chi connectivity index (χ1) is 7.74. The fraction of sp³-hybridized carbons (Fsp3) is 1.00. The number of nitrogens with one attached hydrogen (secondary N) is 1. The van der Waals surface area contributed by atoms with Gasteiger partial charge in [-0.25, -0.2) is 0 Å². The molecule has 1 fully saturated rings. The van der Waals surface area contributed by atoms with Gasteiger partial charge in [0.25, 0.3) is 0 Å². The van der Waals surface area contributed by atoms with E-state index in [1.807, 2.05) is 0 Å². The molecule has 4 heteroatoms. The molecule has 0 aromatic heterocycles. The lowest BCUT2D eigenvalue weighted by Crippen LogP contribution is -2.38. The van der Waals surface area contributed by atoms with Gasteiger partial charge in [0.2, 0.25) is 0 Å². The Hall–Kier alpha value is -0.160. The van der Waals surface area contributed by atoms with Gasteiger partial charge in [0.1, 0.15) is 0 Å². The lowest BCUT2D eigenvalue weighted by atomic mass is 9.93. The molecular weight excluding hydrogens is 206 g/mol. The summed E-state index contributed by atoms with van der Waals surface area (Å²) in [5, 5.41) is 13.0. The normalized spacial score (nSPS) is 21.9. The largest absolute Gasteiger partial charge is 0.391 e. The van der Waals surface area contributed by atoms with E-state index in [4.69, 9.17) is 9.47 Å². The fourth-order valence-electron chi connectivity index (χ4n) is 2.14. The fourth-order valence-corrected chi connectivity index (χ4v) is 2.14. The van der Waals surface area contributed by atoms with Gasteiger partial charge in [-0.3, -0.25) is 0 Å². The van der Waals surface area contributed by atoms with E-state index in [1.54, 1.807) is 7.11 Å². The van der Waals surface area contributed by atoms with Crippen molar-refractivity contribution >= 4 is 0 Å². The van der Waals surface area contributed by atoms with Crippen molar-refractivity contribution in [2.45, 2.75) is 38.3 Å². The van der Waals surface area contributed by atoms with Crippen molar-refractivity contribution in [1.29, 1.82) is 0 Å². The number of hydrogen-bond donors (Lipinski definition) is 2. The van der Waals surface area contributed by atoms with Gasteiger partial charge in [-0.1, -0.05) is 0 Å². The van der Waals surface area contributed by atoms with Crippen molar-refractivity contribution in [3.8, 4) is 0 Å². The molecule has 0 radical (unpaired) electrons. The van der Waals surface area contributed by atoms with E-state index in [-0.39, 0.29) is 6.10 Å². The van der Waals surface area contributed by atoms with Crippen LogP contribution in [-0.2, 0) is 9.47 Å². The first kappa shape index (κ1) is 13.9. The monoisotopic (exact) mass is 231 g/mol. The smallest absolute Gasteiger partial charge is 0.0785 e. The van der Waals surface area contributed by atoms with Crippen LogP contribution in [-0.4, -0.2) is 50.7 Å². The second kappa shape index (κ2) is 8.01. The van der Waals surface area contributed by atoms with Crippen LogP contribution in [0, 0.1) is 5.92 Å². The maximum Gasteiger partial charge on any atom is 0.0785 e. The van der Waals surface area contributed by atoms with Crippen molar-refractivity contribution < 1.29 is 14.6 Å². The molecule has 0 aromatic carbocycles. The van der Waals surface area contributed by atoms with E-state index in [0.29, 0.717) is 18.6 Å². The van der Waals surface area contributed by atoms with Gasteiger partial charge in [0.05, 0.1) is 12.7 Å². The molecule has 0 bridgehead atoms. The van der Waals surface area contributed by atoms with E-state index in [9.17, 15) is 5.11 Å². The first-order valence-electron chi connectivity index (χ1n) is 6.22. The summed E-state index contributed by atoms with van der Waals surface area (Å²) >= 11 is 0. The Labute approximate surface area is 98.3 Å². The second-order valence-electron chi connectivity index (χ2n) is 4.59. The molecule has 1 heterocycles. The van der Waals surface area contributed by atoms with Gasteiger partial charge in [0.15, 0.2) is 0 Å². The predicted molar refractivity (Wildman–Crippen MR) is 63.5 cm³/mol. The van der Waals surface area contributed by atoms with Gasteiger partial charge in [-0.2, -0.15) is 0 Å². The highest BCUT2D eigenvalue weighted by Gasteiger charge is 2.19. The predicted octanol–water partition coefficient (Wildman–Crippen LogP) is 0.788. The Bertz CT molecular complexity index is 172. The number of ether oxygens (including phenoxy) is 2. The lowest BCUT2D eigenvalue weighted by molar-refractivity contribution is 0.0496. The molecule has 4 nitrogen and oxygen atoms in total. The van der Waals surface area contributed by atoms with E-state index >= 15 is 0 Å². The third-order valence-electron chi connectivity index (χ3n) is 3.28. The third kappa shape index (κ3) is 5.25. The highest BCUT2D eigenvalue weighted by molar-refractivity contribution is 4.75. The van der Waals surface area contributed by atoms with Gasteiger partial charge < -0.3 is 19.9 Å². The minimum Gasteiger partial charge on any atom is -0.391 e. The number of hydrogen-bond acceptors (Lipinski definition) is 4. The minimum absolute atomic E-state index is 0.348. The van der Waals surface area contributed by atoms with Gasteiger partial charge in [-0.05, 0) is 38.6 Å². The van der Waals surface area contributed by atoms with Crippen LogP contribution in [0.2, 0.25) is 0 Å². The summed E-state index contributed by atoms with van der Waals surface area (Å²) in [5.41, 5.74) is 0. The Morgan fingerprint density at radius 2 is 2.12 bits per heavy atom. The van der Waals surface area contributed by atoms with Crippen molar-refractivity contribution in [1.82, 2.24) is 5.32 Å². The zero-order valence-corrected chi connectivity index (χ0v) is 10.4. The zero-order valence-electron chi connectivity index (χ0n) is 10.4. The lowest BCUT2D eigenvalue weighted by Gasteiger charge is -2.28. The molecule has 1 aliphatic heterocycles. The maximum absolute atomic E-state index is 9.49. The summed E-state index contributed by atoms with van der Waals surface area (Å²) in [6.45, 7) is 5.28. The highest BCUT2D eigenvalue weighted by atomic mass is 16.5. The minimum atomic E-state index is -0.348. The summed E-state index contributed by atoms with van der Waals surface area (Å²) in [6, 6.07) is 0.513. The number of methoxy groups -OCH3 is 1. The Balaban J connectivity index is 2.07. The van der Waals surface area contributed by atoms with Gasteiger partial charge in [0, 0.05) is 26.4 Å². The molecule has 0 amide bonds. The van der Waals surface area contributed by atoms with E-state index in [1.165, 1.54) is 0 Å². The summed E-state index contributed by atoms with van der Waals surface area (Å²) in [4.78, 5) is 0. The number of aliphatic hydroxyl groups excluding tert-OH is 1. The van der Waals surface area contributed by atoms with Gasteiger partial charge in [-0.15, -0.1) is 0 Å². The molecule has 1 aliphatic rings. The average Bonchev–Trinajstić information content (AvgIpc) is 2.30. The molecule has 1 saturated heterocycles. The van der Waals surface area contributed by atoms with Crippen LogP contribution in [0.25, 0.3) is 0 Å². The second-order valence-corrected chi connectivity index (χ2v) is 4.59. The van der Waals surface area contributed by atoms with Crippen molar-refractivity contribution in [3.05, 3.63) is 0 Å². The Morgan fingerprint density at radius 1 is 1.44 bits per heavy atom. The van der Waals surface area contributed by atoms with Crippen LogP contribution in [0.3, 0.4) is 0 Å². The van der Waals surface area contributed by atoms with E-state index in [0.717, 1.165) is 39.0 Å². The molecule has 96 valence electrons. The van der Waals surface area contributed by atoms with E-state index in [2.05, 4.69) is 12.2 Å². The van der Waals surface area contributed by atoms with Gasteiger partial charge >= 0.3 is 0 Å². The molecule has 0 spiro atoms. The van der Waals surface area contributed by atoms with Crippen LogP contribution < -0.4 is 5.32 Å². The third-order valence-corrected chi connectivity index (χ3v) is 3.28. The SMILES string of the molecule is COCC(O)CCNC(C)C1CCOCC1. The topological polar surface area (TPSA) is 50.7 Å². The summed E-state index contributed by atoms with van der Waals surface area (Å²) < 4.78 is 10.2. The Kier molecular flexibility index (Phi) is 6.96. The van der Waals surface area contributed by atoms with Crippen LogP contribution >= 0.6 is 0 Å². The molecule has 0 saturated carbocycles.